The Morgan fingerprint density at radius 1 is 1.19 bits per heavy atom. The summed E-state index contributed by atoms with van der Waals surface area (Å²) in [6, 6.07) is 6.75. The van der Waals surface area contributed by atoms with Crippen LogP contribution in [0.25, 0.3) is 21.8 Å². The van der Waals surface area contributed by atoms with Gasteiger partial charge in [0.2, 0.25) is 5.91 Å². The molecule has 0 unspecified atom stereocenters. The number of rotatable bonds is 8. The molecule has 9 heteroatoms. The third-order valence-electron chi connectivity index (χ3n) is 4.70. The van der Waals surface area contributed by atoms with Crippen molar-refractivity contribution in [1.82, 2.24) is 9.97 Å². The Morgan fingerprint density at radius 2 is 1.94 bits per heavy atom. The summed E-state index contributed by atoms with van der Waals surface area (Å²) >= 11 is 1.53. The van der Waals surface area contributed by atoms with E-state index in [1.807, 2.05) is 13.0 Å². The monoisotopic (exact) mass is 459 g/mol. The van der Waals surface area contributed by atoms with Crippen molar-refractivity contribution < 1.29 is 17.9 Å². The molecule has 3 aromatic rings. The van der Waals surface area contributed by atoms with Gasteiger partial charge in [-0.15, -0.1) is 11.3 Å². The first kappa shape index (κ1) is 22.9. The quantitative estimate of drug-likeness (QED) is 0.523. The van der Waals surface area contributed by atoms with Crippen LogP contribution in [0.4, 0.5) is 5.69 Å². The average Bonchev–Trinajstić information content (AvgIpc) is 3.11. The van der Waals surface area contributed by atoms with Crippen molar-refractivity contribution in [3.63, 3.8) is 0 Å². The average molecular weight is 460 g/mol. The zero-order valence-electron chi connectivity index (χ0n) is 17.9. The number of methoxy groups -OCH3 is 1. The summed E-state index contributed by atoms with van der Waals surface area (Å²) in [5.41, 5.74) is 2.74. The number of thiophene rings is 1. The van der Waals surface area contributed by atoms with Crippen molar-refractivity contribution >= 4 is 32.8 Å². The lowest BCUT2D eigenvalue weighted by Crippen LogP contribution is -2.10. The summed E-state index contributed by atoms with van der Waals surface area (Å²) in [6.07, 6.45) is 6.76. The molecular weight excluding hydrogens is 434 g/mol. The van der Waals surface area contributed by atoms with E-state index in [1.54, 1.807) is 24.5 Å². The third kappa shape index (κ3) is 5.48. The summed E-state index contributed by atoms with van der Waals surface area (Å²) in [4.78, 5) is 23.1. The number of sulfone groups is 1. The van der Waals surface area contributed by atoms with E-state index in [2.05, 4.69) is 17.2 Å². The number of nitrogens with one attached hydrogen (secondary N) is 1. The first-order valence-electron chi connectivity index (χ1n) is 9.84. The number of anilines is 1. The van der Waals surface area contributed by atoms with E-state index in [9.17, 15) is 13.2 Å². The highest BCUT2D eigenvalue weighted by Crippen LogP contribution is 2.35. The molecule has 0 bridgehead atoms. The Bertz CT molecular complexity index is 1200. The second kappa shape index (κ2) is 9.57. The van der Waals surface area contributed by atoms with E-state index in [0.29, 0.717) is 23.4 Å². The number of aromatic nitrogens is 2. The number of hydrogen-bond acceptors (Lipinski definition) is 7. The number of unbranched alkanes of at least 4 members (excludes halogenated alkanes) is 1. The second-order valence-corrected chi connectivity index (χ2v) is 10.4. The largest absolute Gasteiger partial charge is 0.495 e. The molecule has 164 valence electrons. The van der Waals surface area contributed by atoms with Gasteiger partial charge in [0.1, 0.15) is 10.6 Å². The van der Waals surface area contributed by atoms with E-state index in [-0.39, 0.29) is 16.6 Å². The molecule has 0 saturated carbocycles. The lowest BCUT2D eigenvalue weighted by molar-refractivity contribution is -0.116. The van der Waals surface area contributed by atoms with Gasteiger partial charge in [-0.05, 0) is 31.5 Å². The predicted molar refractivity (Wildman–Crippen MR) is 123 cm³/mol. The van der Waals surface area contributed by atoms with E-state index in [1.165, 1.54) is 24.5 Å². The lowest BCUT2D eigenvalue weighted by Gasteiger charge is -2.09. The van der Waals surface area contributed by atoms with E-state index in [4.69, 9.17) is 9.72 Å². The zero-order chi connectivity index (χ0) is 22.6. The Kier molecular flexibility index (Phi) is 7.07. The Hall–Kier alpha value is -2.78. The number of carbonyl (C=O) groups is 1. The number of ether oxygens (including phenoxy) is 1. The number of benzene rings is 1. The standard InChI is InChI=1S/C22H25N3O4S2/c1-5-6-7-22(26)25-16-11-20(30-14(16)2)18-13-23-12-17(24-18)15-8-9-21(31(4,27)28)19(10-15)29-3/h8-13H,5-7H2,1-4H3,(H,25,26). The molecule has 0 aliphatic rings. The number of hydrogen-bond donors (Lipinski definition) is 1. The maximum atomic E-state index is 12.1. The van der Waals surface area contributed by atoms with Gasteiger partial charge in [-0.1, -0.05) is 19.4 Å². The lowest BCUT2D eigenvalue weighted by atomic mass is 10.1. The molecule has 2 heterocycles. The minimum Gasteiger partial charge on any atom is -0.495 e. The number of amides is 1. The van der Waals surface area contributed by atoms with Gasteiger partial charge in [-0.25, -0.2) is 13.4 Å². The van der Waals surface area contributed by atoms with Crippen LogP contribution >= 0.6 is 11.3 Å². The molecule has 1 N–H and O–H groups in total. The third-order valence-corrected chi connectivity index (χ3v) is 6.90. The van der Waals surface area contributed by atoms with E-state index in [0.717, 1.165) is 34.5 Å². The van der Waals surface area contributed by atoms with Gasteiger partial charge >= 0.3 is 0 Å². The summed E-state index contributed by atoms with van der Waals surface area (Å²) in [6.45, 7) is 4.01. The fourth-order valence-electron chi connectivity index (χ4n) is 3.04. The zero-order valence-corrected chi connectivity index (χ0v) is 19.6. The molecule has 0 saturated heterocycles. The van der Waals surface area contributed by atoms with Crippen LogP contribution in [0.15, 0.2) is 41.6 Å². The maximum absolute atomic E-state index is 12.1. The normalized spacial score (nSPS) is 11.4. The molecule has 31 heavy (non-hydrogen) atoms. The van der Waals surface area contributed by atoms with Crippen molar-refractivity contribution in [3.8, 4) is 27.6 Å². The second-order valence-electron chi connectivity index (χ2n) is 7.16. The Morgan fingerprint density at radius 3 is 2.61 bits per heavy atom. The first-order valence-corrected chi connectivity index (χ1v) is 12.5. The van der Waals surface area contributed by atoms with Gasteiger partial charge in [0.05, 0.1) is 41.5 Å². The van der Waals surface area contributed by atoms with Gasteiger partial charge in [-0.3, -0.25) is 9.78 Å². The molecule has 3 rings (SSSR count). The van der Waals surface area contributed by atoms with Gasteiger partial charge in [-0.2, -0.15) is 0 Å². The van der Waals surface area contributed by atoms with Crippen molar-refractivity contribution in [1.29, 1.82) is 0 Å². The van der Waals surface area contributed by atoms with Crippen LogP contribution < -0.4 is 10.1 Å². The summed E-state index contributed by atoms with van der Waals surface area (Å²) in [7, 11) is -1.98. The van der Waals surface area contributed by atoms with Gasteiger partial charge in [0.25, 0.3) is 0 Å². The number of nitrogens with zero attached hydrogens (tertiary/aromatic N) is 2. The van der Waals surface area contributed by atoms with Crippen molar-refractivity contribution in [2.24, 2.45) is 0 Å². The summed E-state index contributed by atoms with van der Waals surface area (Å²) in [5, 5.41) is 2.97. The Labute approximate surface area is 186 Å². The maximum Gasteiger partial charge on any atom is 0.224 e. The number of aryl methyl sites for hydroxylation is 1. The predicted octanol–water partition coefficient (Wildman–Crippen LogP) is 4.72. The van der Waals surface area contributed by atoms with Crippen LogP contribution in [-0.2, 0) is 14.6 Å². The van der Waals surface area contributed by atoms with Crippen LogP contribution in [0.5, 0.6) is 5.75 Å². The number of carbonyl (C=O) groups excluding carboxylic acids is 1. The smallest absolute Gasteiger partial charge is 0.224 e. The highest BCUT2D eigenvalue weighted by molar-refractivity contribution is 7.90. The highest BCUT2D eigenvalue weighted by atomic mass is 32.2. The van der Waals surface area contributed by atoms with Crippen molar-refractivity contribution in [2.75, 3.05) is 18.7 Å². The molecule has 7 nitrogen and oxygen atoms in total. The molecule has 0 fully saturated rings. The van der Waals surface area contributed by atoms with Gasteiger partial charge < -0.3 is 10.1 Å². The fraction of sp³-hybridized carbons (Fsp3) is 0.318. The summed E-state index contributed by atoms with van der Waals surface area (Å²) in [5.74, 6) is 0.267. The Balaban J connectivity index is 1.91. The molecule has 2 aromatic heterocycles. The van der Waals surface area contributed by atoms with Crippen LogP contribution in [0.3, 0.4) is 0 Å². The molecule has 0 aliphatic carbocycles. The minimum absolute atomic E-state index is 0.00666. The molecule has 0 spiro atoms. The van der Waals surface area contributed by atoms with Crippen LogP contribution in [0.2, 0.25) is 0 Å². The van der Waals surface area contributed by atoms with Gasteiger partial charge in [0.15, 0.2) is 9.84 Å². The van der Waals surface area contributed by atoms with E-state index >= 15 is 0 Å². The minimum atomic E-state index is -3.41. The first-order chi connectivity index (χ1) is 14.7. The topological polar surface area (TPSA) is 98.2 Å². The van der Waals surface area contributed by atoms with Gasteiger partial charge in [0, 0.05) is 23.1 Å². The molecule has 0 aliphatic heterocycles. The highest BCUT2D eigenvalue weighted by Gasteiger charge is 2.17. The molecule has 0 radical (unpaired) electrons. The molecule has 1 aromatic carbocycles. The van der Waals surface area contributed by atoms with E-state index < -0.39 is 9.84 Å². The van der Waals surface area contributed by atoms with Crippen molar-refractivity contribution in [3.05, 3.63) is 41.5 Å². The molecule has 0 atom stereocenters. The SMILES string of the molecule is CCCCC(=O)Nc1cc(-c2cncc(-c3ccc(S(C)(=O)=O)c(OC)c3)n2)sc1C. The molecular formula is C22H25N3O4S2. The van der Waals surface area contributed by atoms with Crippen LogP contribution in [0.1, 0.15) is 31.1 Å². The van der Waals surface area contributed by atoms with Crippen LogP contribution in [0, 0.1) is 6.92 Å². The van der Waals surface area contributed by atoms with Crippen molar-refractivity contribution in [2.45, 2.75) is 38.0 Å². The summed E-state index contributed by atoms with van der Waals surface area (Å²) < 4.78 is 29.1. The fourth-order valence-corrected chi connectivity index (χ4v) is 4.79. The molecule has 1 amide bonds. The van der Waals surface area contributed by atoms with Crippen LogP contribution in [-0.4, -0.2) is 37.7 Å².